The molecule has 1 aromatic rings. The number of anilines is 2. The van der Waals surface area contributed by atoms with Gasteiger partial charge in [0.2, 0.25) is 0 Å². The zero-order valence-corrected chi connectivity index (χ0v) is 11.7. The Morgan fingerprint density at radius 3 is 2.47 bits per heavy atom. The van der Waals surface area contributed by atoms with Crippen molar-refractivity contribution < 1.29 is 0 Å². The summed E-state index contributed by atoms with van der Waals surface area (Å²) < 4.78 is 0. The van der Waals surface area contributed by atoms with Crippen LogP contribution in [-0.4, -0.2) is 19.6 Å². The Labute approximate surface area is 105 Å². The second kappa shape index (κ2) is 4.25. The van der Waals surface area contributed by atoms with Crippen molar-refractivity contribution in [2.24, 2.45) is 5.41 Å². The molecule has 0 fully saturated rings. The first kappa shape index (κ1) is 12.3. The van der Waals surface area contributed by atoms with E-state index >= 15 is 0 Å². The molecule has 1 aliphatic rings. The van der Waals surface area contributed by atoms with Crippen molar-refractivity contribution in [3.63, 3.8) is 0 Å². The molecule has 0 saturated carbocycles. The van der Waals surface area contributed by atoms with Crippen molar-refractivity contribution in [3.8, 4) is 0 Å². The van der Waals surface area contributed by atoms with Crippen molar-refractivity contribution in [2.45, 2.75) is 34.6 Å². The third-order valence-electron chi connectivity index (χ3n) is 3.32. The Bertz CT molecular complexity index is 416. The van der Waals surface area contributed by atoms with Gasteiger partial charge in [-0.15, -0.1) is 0 Å². The van der Waals surface area contributed by atoms with E-state index in [0.717, 1.165) is 19.6 Å². The number of aryl methyl sites for hydroxylation is 2. The first-order valence-electron chi connectivity index (χ1n) is 6.47. The van der Waals surface area contributed by atoms with Crippen LogP contribution in [0.2, 0.25) is 0 Å². The van der Waals surface area contributed by atoms with Gasteiger partial charge in [-0.25, -0.2) is 0 Å². The Kier molecular flexibility index (Phi) is 3.07. The lowest BCUT2D eigenvalue weighted by Crippen LogP contribution is -2.39. The molecule has 0 spiro atoms. The van der Waals surface area contributed by atoms with Gasteiger partial charge in [-0.2, -0.15) is 0 Å². The van der Waals surface area contributed by atoms with Crippen LogP contribution in [-0.2, 0) is 0 Å². The summed E-state index contributed by atoms with van der Waals surface area (Å²) in [5.74, 6) is 0. The van der Waals surface area contributed by atoms with Crippen molar-refractivity contribution in [2.75, 3.05) is 29.9 Å². The smallest absolute Gasteiger partial charge is 0.0605 e. The van der Waals surface area contributed by atoms with Gasteiger partial charge in [0.05, 0.1) is 11.4 Å². The summed E-state index contributed by atoms with van der Waals surface area (Å²) in [6.07, 6.45) is 0. The Morgan fingerprint density at radius 1 is 1.18 bits per heavy atom. The zero-order valence-electron chi connectivity index (χ0n) is 11.7. The predicted octanol–water partition coefficient (Wildman–Crippen LogP) is 3.58. The highest BCUT2D eigenvalue weighted by atomic mass is 15.2. The topological polar surface area (TPSA) is 15.3 Å². The van der Waals surface area contributed by atoms with Crippen LogP contribution in [0, 0.1) is 19.3 Å². The Morgan fingerprint density at radius 2 is 1.82 bits per heavy atom. The maximum Gasteiger partial charge on any atom is 0.0605 e. The lowest BCUT2D eigenvalue weighted by Gasteiger charge is -2.37. The van der Waals surface area contributed by atoms with Crippen molar-refractivity contribution in [1.29, 1.82) is 0 Å². The number of nitrogens with one attached hydrogen (secondary N) is 1. The van der Waals surface area contributed by atoms with E-state index in [4.69, 9.17) is 0 Å². The minimum atomic E-state index is 0.341. The maximum absolute atomic E-state index is 3.50. The highest BCUT2D eigenvalue weighted by Crippen LogP contribution is 2.33. The SMILES string of the molecule is Cc1cc2c(cc1C)N(CC(C)(C)C)CCN2. The van der Waals surface area contributed by atoms with Gasteiger partial charge in [0.25, 0.3) is 0 Å². The third kappa shape index (κ3) is 2.74. The monoisotopic (exact) mass is 232 g/mol. The van der Waals surface area contributed by atoms with E-state index in [0.29, 0.717) is 5.41 Å². The lowest BCUT2D eigenvalue weighted by molar-refractivity contribution is 0.410. The second-order valence-corrected chi connectivity index (χ2v) is 6.36. The van der Waals surface area contributed by atoms with Crippen LogP contribution in [0.5, 0.6) is 0 Å². The molecular weight excluding hydrogens is 208 g/mol. The minimum Gasteiger partial charge on any atom is -0.382 e. The number of rotatable bonds is 1. The molecule has 0 bridgehead atoms. The molecule has 0 radical (unpaired) electrons. The molecule has 0 aromatic heterocycles. The van der Waals surface area contributed by atoms with E-state index in [-0.39, 0.29) is 0 Å². The fourth-order valence-electron chi connectivity index (χ4n) is 2.39. The molecule has 0 aliphatic carbocycles. The molecule has 0 unspecified atom stereocenters. The van der Waals surface area contributed by atoms with Crippen LogP contribution in [0.1, 0.15) is 31.9 Å². The quantitative estimate of drug-likeness (QED) is 0.796. The molecule has 17 heavy (non-hydrogen) atoms. The van der Waals surface area contributed by atoms with Gasteiger partial charge in [-0.05, 0) is 42.5 Å². The summed E-state index contributed by atoms with van der Waals surface area (Å²) in [7, 11) is 0. The van der Waals surface area contributed by atoms with E-state index in [1.807, 2.05) is 0 Å². The number of nitrogens with zero attached hydrogens (tertiary/aromatic N) is 1. The first-order chi connectivity index (χ1) is 7.87. The molecule has 0 saturated heterocycles. The van der Waals surface area contributed by atoms with Gasteiger partial charge in [0.15, 0.2) is 0 Å². The molecule has 2 nitrogen and oxygen atoms in total. The van der Waals surface area contributed by atoms with Crippen LogP contribution < -0.4 is 10.2 Å². The molecule has 1 aliphatic heterocycles. The third-order valence-corrected chi connectivity index (χ3v) is 3.32. The van der Waals surface area contributed by atoms with E-state index in [2.05, 4.69) is 57.0 Å². The van der Waals surface area contributed by atoms with Gasteiger partial charge >= 0.3 is 0 Å². The van der Waals surface area contributed by atoms with Gasteiger partial charge in [-0.1, -0.05) is 20.8 Å². The number of hydrogen-bond acceptors (Lipinski definition) is 2. The average Bonchev–Trinajstić information content (AvgIpc) is 2.19. The molecular formula is C15H24N2. The molecule has 1 aromatic carbocycles. The largest absolute Gasteiger partial charge is 0.382 e. The molecule has 2 rings (SSSR count). The minimum absolute atomic E-state index is 0.341. The molecule has 2 heteroatoms. The Hall–Kier alpha value is -1.18. The van der Waals surface area contributed by atoms with Crippen LogP contribution in [0.15, 0.2) is 12.1 Å². The van der Waals surface area contributed by atoms with Gasteiger partial charge in [-0.3, -0.25) is 0 Å². The van der Waals surface area contributed by atoms with Crippen molar-refractivity contribution in [1.82, 2.24) is 0 Å². The molecule has 1 N–H and O–H groups in total. The number of hydrogen-bond donors (Lipinski definition) is 1. The van der Waals surface area contributed by atoms with Crippen LogP contribution in [0.4, 0.5) is 11.4 Å². The fraction of sp³-hybridized carbons (Fsp3) is 0.600. The van der Waals surface area contributed by atoms with Gasteiger partial charge < -0.3 is 10.2 Å². The Balaban J connectivity index is 2.34. The van der Waals surface area contributed by atoms with E-state index in [1.54, 1.807) is 0 Å². The molecule has 1 heterocycles. The van der Waals surface area contributed by atoms with E-state index in [1.165, 1.54) is 22.5 Å². The fourth-order valence-corrected chi connectivity index (χ4v) is 2.39. The summed E-state index contributed by atoms with van der Waals surface area (Å²) in [5.41, 5.74) is 5.76. The first-order valence-corrected chi connectivity index (χ1v) is 6.47. The van der Waals surface area contributed by atoms with Gasteiger partial charge in [0.1, 0.15) is 0 Å². The number of fused-ring (bicyclic) bond motifs is 1. The van der Waals surface area contributed by atoms with Crippen molar-refractivity contribution in [3.05, 3.63) is 23.3 Å². The molecule has 94 valence electrons. The highest BCUT2D eigenvalue weighted by molar-refractivity contribution is 5.74. The van der Waals surface area contributed by atoms with E-state index in [9.17, 15) is 0 Å². The standard InChI is InChI=1S/C15H24N2/c1-11-8-13-14(9-12(11)2)17(7-6-16-13)10-15(3,4)5/h8-9,16H,6-7,10H2,1-5H3. The highest BCUT2D eigenvalue weighted by Gasteiger charge is 2.22. The van der Waals surface area contributed by atoms with Crippen LogP contribution in [0.3, 0.4) is 0 Å². The molecule has 0 atom stereocenters. The maximum atomic E-state index is 3.50. The van der Waals surface area contributed by atoms with Gasteiger partial charge in [0, 0.05) is 19.6 Å². The second-order valence-electron chi connectivity index (χ2n) is 6.36. The number of benzene rings is 1. The molecule has 0 amide bonds. The normalized spacial score (nSPS) is 15.5. The summed E-state index contributed by atoms with van der Waals surface area (Å²) in [5, 5.41) is 3.50. The predicted molar refractivity (Wildman–Crippen MR) is 76.1 cm³/mol. The summed E-state index contributed by atoms with van der Waals surface area (Å²) >= 11 is 0. The van der Waals surface area contributed by atoms with Crippen LogP contribution in [0.25, 0.3) is 0 Å². The zero-order chi connectivity index (χ0) is 12.6. The van der Waals surface area contributed by atoms with E-state index < -0.39 is 0 Å². The summed E-state index contributed by atoms with van der Waals surface area (Å²) in [6, 6.07) is 4.60. The van der Waals surface area contributed by atoms with Crippen molar-refractivity contribution >= 4 is 11.4 Å². The lowest BCUT2D eigenvalue weighted by atomic mass is 9.94. The van der Waals surface area contributed by atoms with Crippen LogP contribution >= 0.6 is 0 Å². The average molecular weight is 232 g/mol. The summed E-state index contributed by atoms with van der Waals surface area (Å²) in [4.78, 5) is 2.51. The summed E-state index contributed by atoms with van der Waals surface area (Å²) in [6.45, 7) is 14.5.